The summed E-state index contributed by atoms with van der Waals surface area (Å²) in [6.45, 7) is 0. The standard InChI is InChI=1S/C9H14N2O/c10-9(12)11-8-4-1-2-5-6(3-4)7(5)8/h4-8H,1-3H2,(H3,10,11,12). The first-order valence-electron chi connectivity index (χ1n) is 4.83. The van der Waals surface area contributed by atoms with Crippen LogP contribution < -0.4 is 11.1 Å². The van der Waals surface area contributed by atoms with Crippen molar-refractivity contribution in [1.82, 2.24) is 5.32 Å². The van der Waals surface area contributed by atoms with E-state index in [4.69, 9.17) is 5.73 Å². The number of hydrogen-bond acceptors (Lipinski definition) is 1. The van der Waals surface area contributed by atoms with Crippen LogP contribution in [0.1, 0.15) is 19.3 Å². The molecular weight excluding hydrogens is 152 g/mol. The van der Waals surface area contributed by atoms with Crippen LogP contribution >= 0.6 is 0 Å². The van der Waals surface area contributed by atoms with Gasteiger partial charge in [-0.15, -0.1) is 0 Å². The van der Waals surface area contributed by atoms with Crippen molar-refractivity contribution in [3.63, 3.8) is 0 Å². The van der Waals surface area contributed by atoms with Gasteiger partial charge in [0.1, 0.15) is 0 Å². The Bertz CT molecular complexity index is 235. The Balaban J connectivity index is 1.76. The molecule has 0 aromatic rings. The number of fused-ring (bicyclic) bond motifs is 1. The lowest BCUT2D eigenvalue weighted by Crippen LogP contribution is -2.44. The molecule has 0 spiro atoms. The van der Waals surface area contributed by atoms with Crippen molar-refractivity contribution in [2.45, 2.75) is 25.3 Å². The molecule has 0 aliphatic heterocycles. The zero-order chi connectivity index (χ0) is 8.29. The highest BCUT2D eigenvalue weighted by Crippen LogP contribution is 2.66. The van der Waals surface area contributed by atoms with Crippen LogP contribution in [-0.2, 0) is 0 Å². The molecule has 4 aliphatic rings. The average molecular weight is 166 g/mol. The van der Waals surface area contributed by atoms with Gasteiger partial charge >= 0.3 is 6.03 Å². The molecular formula is C9H14N2O. The molecule has 4 saturated carbocycles. The van der Waals surface area contributed by atoms with Crippen LogP contribution in [0.4, 0.5) is 4.79 Å². The zero-order valence-corrected chi connectivity index (χ0v) is 6.99. The average Bonchev–Trinajstić information content (AvgIpc) is 2.65. The van der Waals surface area contributed by atoms with Gasteiger partial charge in [-0.3, -0.25) is 0 Å². The van der Waals surface area contributed by atoms with Crippen LogP contribution in [0.25, 0.3) is 0 Å². The predicted molar refractivity (Wildman–Crippen MR) is 44.3 cm³/mol. The van der Waals surface area contributed by atoms with Crippen LogP contribution in [0.15, 0.2) is 0 Å². The van der Waals surface area contributed by atoms with E-state index in [2.05, 4.69) is 5.32 Å². The second kappa shape index (κ2) is 1.95. The summed E-state index contributed by atoms with van der Waals surface area (Å²) in [6.07, 6.45) is 4.06. The van der Waals surface area contributed by atoms with E-state index in [9.17, 15) is 4.79 Å². The maximum Gasteiger partial charge on any atom is 0.312 e. The van der Waals surface area contributed by atoms with Crippen LogP contribution in [0.2, 0.25) is 0 Å². The van der Waals surface area contributed by atoms with E-state index in [1.807, 2.05) is 0 Å². The highest BCUT2D eigenvalue weighted by molar-refractivity contribution is 5.72. The van der Waals surface area contributed by atoms with Gasteiger partial charge in [0.25, 0.3) is 0 Å². The van der Waals surface area contributed by atoms with Crippen LogP contribution in [0.5, 0.6) is 0 Å². The minimum absolute atomic E-state index is 0.335. The number of nitrogens with two attached hydrogens (primary N) is 1. The van der Waals surface area contributed by atoms with Crippen LogP contribution in [0, 0.1) is 23.7 Å². The number of hydrogen-bond donors (Lipinski definition) is 2. The maximum absolute atomic E-state index is 10.7. The van der Waals surface area contributed by atoms with Crippen molar-refractivity contribution in [3.05, 3.63) is 0 Å². The summed E-state index contributed by atoms with van der Waals surface area (Å²) in [5.74, 6) is 3.43. The van der Waals surface area contributed by atoms with Crippen molar-refractivity contribution < 1.29 is 4.79 Å². The lowest BCUT2D eigenvalue weighted by Gasteiger charge is -2.29. The van der Waals surface area contributed by atoms with Crippen LogP contribution in [0.3, 0.4) is 0 Å². The van der Waals surface area contributed by atoms with E-state index in [1.54, 1.807) is 0 Å². The number of amides is 2. The lowest BCUT2D eigenvalue weighted by atomic mass is 9.82. The second-order valence-electron chi connectivity index (χ2n) is 4.51. The summed E-state index contributed by atoms with van der Waals surface area (Å²) in [5, 5.41) is 2.90. The Labute approximate surface area is 71.7 Å². The monoisotopic (exact) mass is 166 g/mol. The molecule has 4 bridgehead atoms. The van der Waals surface area contributed by atoms with Gasteiger partial charge in [0.05, 0.1) is 0 Å². The molecule has 0 aromatic carbocycles. The third-order valence-corrected chi connectivity index (χ3v) is 4.08. The molecule has 4 rings (SSSR count). The van der Waals surface area contributed by atoms with Gasteiger partial charge in [-0.25, -0.2) is 4.79 Å². The summed E-state index contributed by atoms with van der Waals surface area (Å²) < 4.78 is 0. The maximum atomic E-state index is 10.7. The smallest absolute Gasteiger partial charge is 0.312 e. The van der Waals surface area contributed by atoms with Crippen LogP contribution in [-0.4, -0.2) is 12.1 Å². The minimum atomic E-state index is -0.335. The number of carbonyl (C=O) groups is 1. The van der Waals surface area contributed by atoms with E-state index in [-0.39, 0.29) is 6.03 Å². The first-order chi connectivity index (χ1) is 5.77. The Morgan fingerprint density at radius 2 is 2.17 bits per heavy atom. The van der Waals surface area contributed by atoms with Crippen molar-refractivity contribution in [3.8, 4) is 0 Å². The summed E-state index contributed by atoms with van der Waals surface area (Å²) in [6, 6.07) is 0.101. The van der Waals surface area contributed by atoms with Crippen molar-refractivity contribution in [2.75, 3.05) is 0 Å². The van der Waals surface area contributed by atoms with E-state index < -0.39 is 0 Å². The quantitative estimate of drug-likeness (QED) is 0.592. The number of nitrogens with one attached hydrogen (secondary N) is 1. The molecule has 12 heavy (non-hydrogen) atoms. The topological polar surface area (TPSA) is 55.1 Å². The molecule has 0 heterocycles. The Morgan fingerprint density at radius 1 is 1.33 bits per heavy atom. The highest BCUT2D eigenvalue weighted by atomic mass is 16.2. The number of urea groups is 1. The SMILES string of the molecule is NC(=O)NC1C2CCC3C(C2)C31. The number of primary amides is 1. The van der Waals surface area contributed by atoms with Crippen molar-refractivity contribution >= 4 is 6.03 Å². The Morgan fingerprint density at radius 3 is 2.67 bits per heavy atom. The third-order valence-electron chi connectivity index (χ3n) is 4.08. The fraction of sp³-hybridized carbons (Fsp3) is 0.889. The van der Waals surface area contributed by atoms with E-state index in [1.165, 1.54) is 19.3 Å². The zero-order valence-electron chi connectivity index (χ0n) is 6.99. The molecule has 0 radical (unpaired) electrons. The molecule has 4 aliphatic carbocycles. The first-order valence-corrected chi connectivity index (χ1v) is 4.83. The highest BCUT2D eigenvalue weighted by Gasteiger charge is 2.64. The molecule has 0 aromatic heterocycles. The fourth-order valence-corrected chi connectivity index (χ4v) is 3.64. The molecule has 4 fully saturated rings. The van der Waals surface area contributed by atoms with Gasteiger partial charge in [-0.2, -0.15) is 0 Å². The first kappa shape index (κ1) is 6.75. The summed E-state index contributed by atoms with van der Waals surface area (Å²) in [5.41, 5.74) is 5.13. The van der Waals surface area contributed by atoms with Gasteiger partial charge < -0.3 is 11.1 Å². The molecule has 3 N–H and O–H groups in total. The molecule has 3 nitrogen and oxygen atoms in total. The van der Waals surface area contributed by atoms with Gasteiger partial charge in [-0.1, -0.05) is 0 Å². The third kappa shape index (κ3) is 0.692. The van der Waals surface area contributed by atoms with Crippen molar-refractivity contribution in [2.24, 2.45) is 29.4 Å². The summed E-state index contributed by atoms with van der Waals surface area (Å²) >= 11 is 0. The predicted octanol–water partition coefficient (Wildman–Crippen LogP) is 0.699. The normalized spacial score (nSPS) is 53.5. The molecule has 5 unspecified atom stereocenters. The van der Waals surface area contributed by atoms with Gasteiger partial charge in [0, 0.05) is 6.04 Å². The molecule has 5 atom stereocenters. The lowest BCUT2D eigenvalue weighted by molar-refractivity contribution is 0.220. The largest absolute Gasteiger partial charge is 0.352 e. The van der Waals surface area contributed by atoms with E-state index >= 15 is 0 Å². The molecule has 2 amide bonds. The minimum Gasteiger partial charge on any atom is -0.352 e. The number of carbonyl (C=O) groups excluding carboxylic acids is 1. The van der Waals surface area contributed by atoms with Gasteiger partial charge in [-0.05, 0) is 42.9 Å². The Hall–Kier alpha value is -0.730. The van der Waals surface area contributed by atoms with E-state index in [0.717, 1.165) is 23.7 Å². The molecule has 3 heteroatoms. The summed E-state index contributed by atoms with van der Waals surface area (Å²) in [4.78, 5) is 10.7. The summed E-state index contributed by atoms with van der Waals surface area (Å²) in [7, 11) is 0. The number of rotatable bonds is 1. The second-order valence-corrected chi connectivity index (χ2v) is 4.51. The molecule has 66 valence electrons. The van der Waals surface area contributed by atoms with E-state index in [0.29, 0.717) is 6.04 Å². The van der Waals surface area contributed by atoms with Gasteiger partial charge in [0.2, 0.25) is 0 Å². The molecule has 0 saturated heterocycles. The Kier molecular flexibility index (Phi) is 1.10. The van der Waals surface area contributed by atoms with Crippen molar-refractivity contribution in [1.29, 1.82) is 0 Å². The van der Waals surface area contributed by atoms with Gasteiger partial charge in [0.15, 0.2) is 0 Å². The fourth-order valence-electron chi connectivity index (χ4n) is 3.64.